The van der Waals surface area contributed by atoms with Crippen molar-refractivity contribution in [2.45, 2.75) is 32.1 Å². The summed E-state index contributed by atoms with van der Waals surface area (Å²) in [6.07, 6.45) is 5.68. The van der Waals surface area contributed by atoms with Crippen LogP contribution >= 0.6 is 11.6 Å². The molecule has 0 amide bonds. The van der Waals surface area contributed by atoms with Gasteiger partial charge in [0.05, 0.1) is 6.26 Å². The Morgan fingerprint density at radius 3 is 2.58 bits per heavy atom. The Balaban J connectivity index is 3.08. The standard InChI is InChI=1S/C9H15ClO2/c1-2-12-9(11)7-5-3-4-6-8-10/h2H,1,3-8H2. The van der Waals surface area contributed by atoms with Crippen LogP contribution < -0.4 is 0 Å². The molecule has 0 aromatic heterocycles. The molecule has 0 atom stereocenters. The number of alkyl halides is 1. The van der Waals surface area contributed by atoms with Crippen LogP contribution in [-0.2, 0) is 9.53 Å². The summed E-state index contributed by atoms with van der Waals surface area (Å²) >= 11 is 5.49. The summed E-state index contributed by atoms with van der Waals surface area (Å²) in [7, 11) is 0. The highest BCUT2D eigenvalue weighted by atomic mass is 35.5. The van der Waals surface area contributed by atoms with E-state index in [1.165, 1.54) is 6.26 Å². The van der Waals surface area contributed by atoms with Crippen molar-refractivity contribution in [3.8, 4) is 0 Å². The summed E-state index contributed by atoms with van der Waals surface area (Å²) in [4.78, 5) is 10.8. The number of hydrogen-bond donors (Lipinski definition) is 0. The van der Waals surface area contributed by atoms with Crippen molar-refractivity contribution in [3.05, 3.63) is 12.8 Å². The van der Waals surface area contributed by atoms with Gasteiger partial charge in [-0.25, -0.2) is 0 Å². The number of carbonyl (C=O) groups excluding carboxylic acids is 1. The minimum atomic E-state index is -0.198. The predicted octanol–water partition coefficient (Wildman–Crippen LogP) is 2.86. The van der Waals surface area contributed by atoms with Gasteiger partial charge in [0.2, 0.25) is 0 Å². The topological polar surface area (TPSA) is 26.3 Å². The Labute approximate surface area is 78.5 Å². The van der Waals surface area contributed by atoms with Crippen LogP contribution in [-0.4, -0.2) is 11.8 Å². The molecule has 0 aliphatic rings. The summed E-state index contributed by atoms with van der Waals surface area (Å²) in [6.45, 7) is 3.30. The molecule has 3 heteroatoms. The third-order valence-electron chi connectivity index (χ3n) is 1.48. The van der Waals surface area contributed by atoms with Gasteiger partial charge < -0.3 is 4.74 Å². The van der Waals surface area contributed by atoms with Crippen molar-refractivity contribution in [2.24, 2.45) is 0 Å². The molecule has 0 saturated carbocycles. The van der Waals surface area contributed by atoms with Crippen LogP contribution in [0, 0.1) is 0 Å². The van der Waals surface area contributed by atoms with Crippen LogP contribution in [0.25, 0.3) is 0 Å². The molecule has 0 fully saturated rings. The summed E-state index contributed by atoms with van der Waals surface area (Å²) in [6, 6.07) is 0. The maximum Gasteiger partial charge on any atom is 0.310 e. The van der Waals surface area contributed by atoms with Crippen LogP contribution in [0.15, 0.2) is 12.8 Å². The fourth-order valence-corrected chi connectivity index (χ4v) is 1.06. The number of rotatable bonds is 7. The average molecular weight is 191 g/mol. The normalized spacial score (nSPS) is 9.42. The summed E-state index contributed by atoms with van der Waals surface area (Å²) < 4.78 is 4.55. The van der Waals surface area contributed by atoms with Crippen LogP contribution in [0.3, 0.4) is 0 Å². The second-order valence-corrected chi connectivity index (χ2v) is 2.89. The fraction of sp³-hybridized carbons (Fsp3) is 0.667. The van der Waals surface area contributed by atoms with Gasteiger partial charge in [-0.3, -0.25) is 4.79 Å². The molecular formula is C9H15ClO2. The Morgan fingerprint density at radius 2 is 2.00 bits per heavy atom. The van der Waals surface area contributed by atoms with Gasteiger partial charge in [-0.05, 0) is 12.8 Å². The minimum absolute atomic E-state index is 0.198. The van der Waals surface area contributed by atoms with Crippen molar-refractivity contribution in [3.63, 3.8) is 0 Å². The molecule has 0 spiro atoms. The highest BCUT2D eigenvalue weighted by Gasteiger charge is 1.99. The van der Waals surface area contributed by atoms with E-state index >= 15 is 0 Å². The Morgan fingerprint density at radius 1 is 1.33 bits per heavy atom. The van der Waals surface area contributed by atoms with E-state index in [2.05, 4.69) is 11.3 Å². The van der Waals surface area contributed by atoms with Crippen molar-refractivity contribution in [1.82, 2.24) is 0 Å². The quantitative estimate of drug-likeness (QED) is 0.267. The van der Waals surface area contributed by atoms with Crippen molar-refractivity contribution in [2.75, 3.05) is 5.88 Å². The molecule has 0 N–H and O–H groups in total. The van der Waals surface area contributed by atoms with E-state index in [0.717, 1.165) is 25.7 Å². The second-order valence-electron chi connectivity index (χ2n) is 2.51. The van der Waals surface area contributed by atoms with Crippen molar-refractivity contribution < 1.29 is 9.53 Å². The van der Waals surface area contributed by atoms with Gasteiger partial charge in [0.15, 0.2) is 0 Å². The average Bonchev–Trinajstić information content (AvgIpc) is 2.05. The number of carbonyl (C=O) groups is 1. The maximum absolute atomic E-state index is 10.8. The lowest BCUT2D eigenvalue weighted by atomic mass is 10.2. The molecule has 0 aliphatic carbocycles. The third kappa shape index (κ3) is 7.61. The fourth-order valence-electron chi connectivity index (χ4n) is 0.869. The molecule has 0 radical (unpaired) electrons. The molecule has 12 heavy (non-hydrogen) atoms. The monoisotopic (exact) mass is 190 g/mol. The number of esters is 1. The van der Waals surface area contributed by atoms with Crippen molar-refractivity contribution in [1.29, 1.82) is 0 Å². The summed E-state index contributed by atoms with van der Waals surface area (Å²) in [5, 5.41) is 0. The molecular weight excluding hydrogens is 176 g/mol. The Hall–Kier alpha value is -0.500. The van der Waals surface area contributed by atoms with E-state index in [1.54, 1.807) is 0 Å². The van der Waals surface area contributed by atoms with Gasteiger partial charge >= 0.3 is 5.97 Å². The van der Waals surface area contributed by atoms with Gasteiger partial charge in [-0.15, -0.1) is 11.6 Å². The molecule has 0 aromatic rings. The van der Waals surface area contributed by atoms with Crippen LogP contribution in [0.5, 0.6) is 0 Å². The summed E-state index contributed by atoms with van der Waals surface area (Å²) in [5.41, 5.74) is 0. The lowest BCUT2D eigenvalue weighted by Crippen LogP contribution is -1.98. The number of hydrogen-bond acceptors (Lipinski definition) is 2. The first-order chi connectivity index (χ1) is 5.81. The molecule has 0 aromatic carbocycles. The van der Waals surface area contributed by atoms with Gasteiger partial charge in [-0.2, -0.15) is 0 Å². The highest BCUT2D eigenvalue weighted by Crippen LogP contribution is 2.04. The smallest absolute Gasteiger partial charge is 0.310 e. The Kier molecular flexibility index (Phi) is 8.24. The van der Waals surface area contributed by atoms with E-state index in [-0.39, 0.29) is 5.97 Å². The Bertz CT molecular complexity index is 134. The molecule has 0 unspecified atom stereocenters. The first-order valence-corrected chi connectivity index (χ1v) is 4.71. The van der Waals surface area contributed by atoms with E-state index in [9.17, 15) is 4.79 Å². The molecule has 0 heterocycles. The lowest BCUT2D eigenvalue weighted by Gasteiger charge is -1.98. The first kappa shape index (κ1) is 11.5. The number of halogens is 1. The van der Waals surface area contributed by atoms with Crippen LogP contribution in [0.1, 0.15) is 32.1 Å². The maximum atomic E-state index is 10.8. The molecule has 0 rings (SSSR count). The predicted molar refractivity (Wildman–Crippen MR) is 50.1 cm³/mol. The van der Waals surface area contributed by atoms with Gasteiger partial charge in [0, 0.05) is 12.3 Å². The molecule has 0 saturated heterocycles. The zero-order chi connectivity index (χ0) is 9.23. The zero-order valence-corrected chi connectivity index (χ0v) is 7.98. The summed E-state index contributed by atoms with van der Waals surface area (Å²) in [5.74, 6) is 0.507. The molecule has 2 nitrogen and oxygen atoms in total. The third-order valence-corrected chi connectivity index (χ3v) is 1.75. The van der Waals surface area contributed by atoms with Gasteiger partial charge in [-0.1, -0.05) is 19.4 Å². The van der Waals surface area contributed by atoms with E-state index in [4.69, 9.17) is 11.6 Å². The lowest BCUT2D eigenvalue weighted by molar-refractivity contribution is -0.138. The van der Waals surface area contributed by atoms with Crippen LogP contribution in [0.2, 0.25) is 0 Å². The van der Waals surface area contributed by atoms with E-state index in [1.807, 2.05) is 0 Å². The number of ether oxygens (including phenoxy) is 1. The number of unbranched alkanes of at least 4 members (excludes halogenated alkanes) is 3. The van der Waals surface area contributed by atoms with E-state index in [0.29, 0.717) is 12.3 Å². The zero-order valence-electron chi connectivity index (χ0n) is 7.22. The van der Waals surface area contributed by atoms with Gasteiger partial charge in [0.1, 0.15) is 0 Å². The van der Waals surface area contributed by atoms with Crippen LogP contribution in [0.4, 0.5) is 0 Å². The SMILES string of the molecule is C=COC(=O)CCCCCCCl. The molecule has 0 bridgehead atoms. The van der Waals surface area contributed by atoms with Crippen molar-refractivity contribution >= 4 is 17.6 Å². The molecule has 70 valence electrons. The van der Waals surface area contributed by atoms with E-state index < -0.39 is 0 Å². The minimum Gasteiger partial charge on any atom is -0.435 e. The largest absolute Gasteiger partial charge is 0.435 e. The second kappa shape index (κ2) is 8.60. The van der Waals surface area contributed by atoms with Gasteiger partial charge in [0.25, 0.3) is 0 Å². The first-order valence-electron chi connectivity index (χ1n) is 4.17. The molecule has 0 aliphatic heterocycles. The highest BCUT2D eigenvalue weighted by molar-refractivity contribution is 6.17.